The maximum atomic E-state index is 12.9. The average molecular weight is 485 g/mol. The standard InChI is InChI=1S/C25H28N2O4S2/c28-22(26-25-11-16-6-17(12-25)8-18(7-16)13-25)2-1-5-27-23(29)21(33-24(27)32)10-15-3-4-19-20(9-15)31-14-30-19/h3-4,9-10,16-18H,1-2,5-8,11-14H2,(H,26,28)/b21-10-. The third-order valence-electron chi connectivity index (χ3n) is 7.80. The van der Waals surface area contributed by atoms with Gasteiger partial charge in [-0.15, -0.1) is 0 Å². The molecule has 8 heteroatoms. The zero-order valence-corrected chi connectivity index (χ0v) is 20.1. The number of ether oxygens (including phenoxy) is 2. The number of hydrogen-bond donors (Lipinski definition) is 1. The smallest absolute Gasteiger partial charge is 0.266 e. The van der Waals surface area contributed by atoms with E-state index in [0.29, 0.717) is 40.1 Å². The summed E-state index contributed by atoms with van der Waals surface area (Å²) in [6, 6.07) is 5.61. The van der Waals surface area contributed by atoms with Gasteiger partial charge in [-0.1, -0.05) is 30.0 Å². The molecule has 1 saturated heterocycles. The van der Waals surface area contributed by atoms with Crippen LogP contribution < -0.4 is 14.8 Å². The summed E-state index contributed by atoms with van der Waals surface area (Å²) in [5, 5.41) is 3.42. The van der Waals surface area contributed by atoms with Crippen molar-refractivity contribution < 1.29 is 19.1 Å². The first-order valence-corrected chi connectivity index (χ1v) is 13.1. The number of benzene rings is 1. The largest absolute Gasteiger partial charge is 0.454 e. The molecule has 33 heavy (non-hydrogen) atoms. The van der Waals surface area contributed by atoms with E-state index in [-0.39, 0.29) is 24.1 Å². The van der Waals surface area contributed by atoms with E-state index >= 15 is 0 Å². The molecule has 4 bridgehead atoms. The number of hydrogen-bond acceptors (Lipinski definition) is 6. The van der Waals surface area contributed by atoms with E-state index in [1.54, 1.807) is 4.90 Å². The van der Waals surface area contributed by atoms with Crippen LogP contribution in [0.1, 0.15) is 56.9 Å². The molecule has 2 heterocycles. The molecule has 4 saturated carbocycles. The van der Waals surface area contributed by atoms with Crippen LogP contribution >= 0.6 is 24.0 Å². The first-order valence-electron chi connectivity index (χ1n) is 11.9. The zero-order chi connectivity index (χ0) is 22.6. The fourth-order valence-corrected chi connectivity index (χ4v) is 8.18. The highest BCUT2D eigenvalue weighted by Gasteiger charge is 2.51. The number of amides is 2. The Morgan fingerprint density at radius 2 is 1.85 bits per heavy atom. The van der Waals surface area contributed by atoms with Crippen LogP contribution in [0.25, 0.3) is 6.08 Å². The van der Waals surface area contributed by atoms with Crippen LogP contribution in [-0.2, 0) is 9.59 Å². The van der Waals surface area contributed by atoms with Gasteiger partial charge in [-0.05, 0) is 86.5 Å². The summed E-state index contributed by atoms with van der Waals surface area (Å²) in [7, 11) is 0. The normalized spacial score (nSPS) is 32.8. The molecule has 2 aliphatic heterocycles. The number of nitrogens with zero attached hydrogens (tertiary/aromatic N) is 1. The molecule has 7 rings (SSSR count). The van der Waals surface area contributed by atoms with Gasteiger partial charge in [0.05, 0.1) is 4.91 Å². The Kier molecular flexibility index (Phi) is 5.41. The molecule has 6 nitrogen and oxygen atoms in total. The van der Waals surface area contributed by atoms with Crippen molar-refractivity contribution in [2.45, 2.75) is 56.9 Å². The lowest BCUT2D eigenvalue weighted by molar-refractivity contribution is -0.127. The van der Waals surface area contributed by atoms with Gasteiger partial charge in [0.15, 0.2) is 11.5 Å². The Morgan fingerprint density at radius 3 is 2.58 bits per heavy atom. The van der Waals surface area contributed by atoms with Gasteiger partial charge in [-0.2, -0.15) is 0 Å². The van der Waals surface area contributed by atoms with E-state index in [4.69, 9.17) is 21.7 Å². The lowest BCUT2D eigenvalue weighted by Crippen LogP contribution is -2.59. The van der Waals surface area contributed by atoms with Crippen molar-refractivity contribution in [2.24, 2.45) is 17.8 Å². The highest BCUT2D eigenvalue weighted by molar-refractivity contribution is 8.26. The maximum Gasteiger partial charge on any atom is 0.266 e. The molecular formula is C25H28N2O4S2. The predicted molar refractivity (Wildman–Crippen MR) is 131 cm³/mol. The predicted octanol–water partition coefficient (Wildman–Crippen LogP) is 4.48. The van der Waals surface area contributed by atoms with Crippen LogP contribution in [-0.4, -0.2) is 39.9 Å². The first kappa shape index (κ1) is 21.5. The second-order valence-electron chi connectivity index (χ2n) is 10.3. The Balaban J connectivity index is 1.03. The molecule has 0 radical (unpaired) electrons. The maximum absolute atomic E-state index is 12.9. The minimum Gasteiger partial charge on any atom is -0.454 e. The summed E-state index contributed by atoms with van der Waals surface area (Å²) in [5.41, 5.74) is 0.913. The minimum absolute atomic E-state index is 0.0426. The fraction of sp³-hybridized carbons (Fsp3) is 0.560. The van der Waals surface area contributed by atoms with Crippen molar-refractivity contribution in [2.75, 3.05) is 13.3 Å². The molecule has 1 aromatic rings. The number of nitrogens with one attached hydrogen (secondary N) is 1. The van der Waals surface area contributed by atoms with Gasteiger partial charge in [0.1, 0.15) is 4.32 Å². The molecule has 0 spiro atoms. The van der Waals surface area contributed by atoms with Gasteiger partial charge in [0, 0.05) is 18.5 Å². The lowest BCUT2D eigenvalue weighted by atomic mass is 9.53. The Hall–Kier alpha value is -2.06. The van der Waals surface area contributed by atoms with Crippen LogP contribution in [0.2, 0.25) is 0 Å². The first-order chi connectivity index (χ1) is 16.0. The Labute approximate surface area is 203 Å². The van der Waals surface area contributed by atoms with E-state index in [0.717, 1.165) is 42.6 Å². The van der Waals surface area contributed by atoms with Crippen molar-refractivity contribution in [1.29, 1.82) is 0 Å². The molecule has 5 fully saturated rings. The monoisotopic (exact) mass is 484 g/mol. The Bertz CT molecular complexity index is 1020. The van der Waals surface area contributed by atoms with E-state index in [1.807, 2.05) is 24.3 Å². The van der Waals surface area contributed by atoms with Crippen molar-refractivity contribution in [3.63, 3.8) is 0 Å². The highest BCUT2D eigenvalue weighted by atomic mass is 32.2. The number of thioether (sulfide) groups is 1. The van der Waals surface area contributed by atoms with E-state index in [9.17, 15) is 9.59 Å². The number of carbonyl (C=O) groups excluding carboxylic acids is 2. The summed E-state index contributed by atoms with van der Waals surface area (Å²) in [6.45, 7) is 0.689. The number of thiocarbonyl (C=S) groups is 1. The summed E-state index contributed by atoms with van der Waals surface area (Å²) >= 11 is 6.77. The van der Waals surface area contributed by atoms with Crippen molar-refractivity contribution in [3.05, 3.63) is 28.7 Å². The lowest BCUT2D eigenvalue weighted by Gasteiger charge is -2.56. The van der Waals surface area contributed by atoms with Gasteiger partial charge < -0.3 is 14.8 Å². The molecular weight excluding hydrogens is 456 g/mol. The van der Waals surface area contributed by atoms with E-state index in [2.05, 4.69) is 5.32 Å². The molecule has 0 aromatic heterocycles. The third-order valence-corrected chi connectivity index (χ3v) is 9.17. The molecule has 0 unspecified atom stereocenters. The van der Waals surface area contributed by atoms with Gasteiger partial charge in [-0.3, -0.25) is 14.5 Å². The van der Waals surface area contributed by atoms with Crippen LogP contribution in [0.4, 0.5) is 0 Å². The quantitative estimate of drug-likeness (QED) is 0.474. The Morgan fingerprint density at radius 1 is 1.15 bits per heavy atom. The zero-order valence-electron chi connectivity index (χ0n) is 18.5. The van der Waals surface area contributed by atoms with Gasteiger partial charge in [0.25, 0.3) is 5.91 Å². The molecule has 1 aromatic carbocycles. The summed E-state index contributed by atoms with van der Waals surface area (Å²) in [6.07, 6.45) is 10.4. The van der Waals surface area contributed by atoms with E-state index in [1.165, 1.54) is 31.0 Å². The van der Waals surface area contributed by atoms with Crippen LogP contribution in [0, 0.1) is 17.8 Å². The molecule has 174 valence electrons. The molecule has 1 N–H and O–H groups in total. The third kappa shape index (κ3) is 4.16. The molecule has 4 aliphatic carbocycles. The molecule has 6 aliphatic rings. The molecule has 0 atom stereocenters. The average Bonchev–Trinajstić information content (AvgIpc) is 3.31. The number of rotatable bonds is 6. The van der Waals surface area contributed by atoms with Crippen LogP contribution in [0.5, 0.6) is 11.5 Å². The minimum atomic E-state index is -0.0934. The SMILES string of the molecule is O=C(CCCN1C(=O)/C(=C/c2ccc3c(c2)OCO3)SC1=S)NC12CC3CC(CC(C3)C1)C2. The van der Waals surface area contributed by atoms with Crippen LogP contribution in [0.3, 0.4) is 0 Å². The van der Waals surface area contributed by atoms with E-state index < -0.39 is 0 Å². The van der Waals surface area contributed by atoms with Gasteiger partial charge >= 0.3 is 0 Å². The topological polar surface area (TPSA) is 67.9 Å². The fourth-order valence-electron chi connectivity index (χ4n) is 6.87. The summed E-state index contributed by atoms with van der Waals surface area (Å²) in [4.78, 5) is 27.9. The number of carbonyl (C=O) groups is 2. The highest BCUT2D eigenvalue weighted by Crippen LogP contribution is 2.55. The number of fused-ring (bicyclic) bond motifs is 1. The summed E-state index contributed by atoms with van der Waals surface area (Å²) < 4.78 is 11.3. The summed E-state index contributed by atoms with van der Waals surface area (Å²) in [5.74, 6) is 3.85. The second kappa shape index (κ2) is 8.31. The van der Waals surface area contributed by atoms with Crippen molar-refractivity contribution in [1.82, 2.24) is 10.2 Å². The van der Waals surface area contributed by atoms with Crippen LogP contribution in [0.15, 0.2) is 23.1 Å². The van der Waals surface area contributed by atoms with Gasteiger partial charge in [-0.25, -0.2) is 0 Å². The van der Waals surface area contributed by atoms with Crippen molar-refractivity contribution in [3.8, 4) is 11.5 Å². The molecule has 2 amide bonds. The second-order valence-corrected chi connectivity index (χ2v) is 12.0. The van der Waals surface area contributed by atoms with Crippen molar-refractivity contribution >= 4 is 46.2 Å². The van der Waals surface area contributed by atoms with Gasteiger partial charge in [0.2, 0.25) is 12.7 Å².